The smallest absolute Gasteiger partial charge is 0.265 e. The number of anilines is 2. The summed E-state index contributed by atoms with van der Waals surface area (Å²) in [5.74, 6) is 0.618. The van der Waals surface area contributed by atoms with E-state index in [1.807, 2.05) is 24.3 Å². The molecule has 0 atom stereocenters. The molecule has 0 unspecified atom stereocenters. The second-order valence-corrected chi connectivity index (χ2v) is 6.78. The van der Waals surface area contributed by atoms with Gasteiger partial charge in [0.2, 0.25) is 5.95 Å². The number of carbonyl (C=O) groups is 1. The predicted molar refractivity (Wildman–Crippen MR) is 116 cm³/mol. The van der Waals surface area contributed by atoms with Gasteiger partial charge in [-0.05, 0) is 42.5 Å². The molecule has 7 heteroatoms. The number of fused-ring (bicyclic) bond motifs is 1. The average molecular weight is 405 g/mol. The normalized spacial score (nSPS) is 10.7. The second-order valence-electron chi connectivity index (χ2n) is 6.78. The maximum atomic E-state index is 13.8. The number of aromatic nitrogens is 3. The first kappa shape index (κ1) is 18.3. The number of aromatic amines is 1. The average Bonchev–Trinajstić information content (AvgIpc) is 3.51. The van der Waals surface area contributed by atoms with Crippen LogP contribution in [0.1, 0.15) is 15.9 Å². The van der Waals surface area contributed by atoms with Crippen LogP contribution in [0.4, 0.5) is 11.6 Å². The monoisotopic (exact) mass is 405 g/mol. The number of nitrogens with one attached hydrogen (secondary N) is 1. The SMILES string of the molecule is N#Cc1cccc(N(C(=O)c2ccnc3ccccc23)c2ncc(-c3ccco3)[nH]2)c1. The summed E-state index contributed by atoms with van der Waals surface area (Å²) in [7, 11) is 0. The van der Waals surface area contributed by atoms with E-state index in [4.69, 9.17) is 4.42 Å². The van der Waals surface area contributed by atoms with E-state index in [1.165, 1.54) is 4.90 Å². The third-order valence-corrected chi connectivity index (χ3v) is 4.88. The summed E-state index contributed by atoms with van der Waals surface area (Å²) in [5.41, 5.74) is 2.78. The lowest BCUT2D eigenvalue weighted by molar-refractivity contribution is 0.0999. The summed E-state index contributed by atoms with van der Waals surface area (Å²) >= 11 is 0. The third-order valence-electron chi connectivity index (χ3n) is 4.88. The highest BCUT2D eigenvalue weighted by Gasteiger charge is 2.25. The van der Waals surface area contributed by atoms with Gasteiger partial charge in [0.05, 0.1) is 40.9 Å². The largest absolute Gasteiger partial charge is 0.463 e. The van der Waals surface area contributed by atoms with Crippen molar-refractivity contribution in [2.24, 2.45) is 0 Å². The molecule has 3 heterocycles. The molecule has 5 rings (SSSR count). The zero-order valence-electron chi connectivity index (χ0n) is 16.2. The molecule has 0 aliphatic carbocycles. The van der Waals surface area contributed by atoms with Crippen molar-refractivity contribution in [3.63, 3.8) is 0 Å². The van der Waals surface area contributed by atoms with Gasteiger partial charge in [-0.2, -0.15) is 5.26 Å². The summed E-state index contributed by atoms with van der Waals surface area (Å²) < 4.78 is 5.43. The number of hydrogen-bond donors (Lipinski definition) is 1. The summed E-state index contributed by atoms with van der Waals surface area (Å²) in [6.07, 6.45) is 4.78. The maximum absolute atomic E-state index is 13.8. The van der Waals surface area contributed by atoms with Crippen LogP contribution < -0.4 is 4.90 Å². The van der Waals surface area contributed by atoms with Gasteiger partial charge in [0.25, 0.3) is 5.91 Å². The van der Waals surface area contributed by atoms with Crippen LogP contribution in [0.2, 0.25) is 0 Å². The van der Waals surface area contributed by atoms with Crippen molar-refractivity contribution in [3.05, 3.63) is 96.5 Å². The number of imidazole rings is 1. The molecule has 0 spiro atoms. The molecule has 0 saturated heterocycles. The van der Waals surface area contributed by atoms with Crippen LogP contribution in [-0.2, 0) is 0 Å². The third kappa shape index (κ3) is 3.32. The number of nitriles is 1. The van der Waals surface area contributed by atoms with Crippen LogP contribution in [0.3, 0.4) is 0 Å². The first-order valence-electron chi connectivity index (χ1n) is 9.52. The maximum Gasteiger partial charge on any atom is 0.265 e. The number of furan rings is 1. The molecule has 0 fully saturated rings. The van der Waals surface area contributed by atoms with Gasteiger partial charge in [-0.15, -0.1) is 0 Å². The van der Waals surface area contributed by atoms with E-state index in [1.54, 1.807) is 61.1 Å². The molecule has 31 heavy (non-hydrogen) atoms. The van der Waals surface area contributed by atoms with E-state index in [-0.39, 0.29) is 5.91 Å². The van der Waals surface area contributed by atoms with Crippen molar-refractivity contribution >= 4 is 28.4 Å². The predicted octanol–water partition coefficient (Wildman–Crippen LogP) is 5.07. The van der Waals surface area contributed by atoms with E-state index in [2.05, 4.69) is 21.0 Å². The van der Waals surface area contributed by atoms with Gasteiger partial charge in [0, 0.05) is 11.6 Å². The Morgan fingerprint density at radius 3 is 2.77 bits per heavy atom. The molecule has 0 saturated carbocycles. The molecule has 1 amide bonds. The topological polar surface area (TPSA) is 98.8 Å². The Kier molecular flexibility index (Phi) is 4.50. The lowest BCUT2D eigenvalue weighted by Crippen LogP contribution is -2.27. The molecule has 0 aliphatic heterocycles. The molecule has 148 valence electrons. The number of benzene rings is 2. The number of pyridine rings is 1. The highest BCUT2D eigenvalue weighted by atomic mass is 16.3. The minimum Gasteiger partial charge on any atom is -0.463 e. The standard InChI is InChI=1S/C24H15N5O2/c25-14-16-5-3-6-17(13-16)29(24-27-15-21(28-24)22-9-4-12-31-22)23(30)19-10-11-26-20-8-2-1-7-18(19)20/h1-13,15H,(H,27,28). The number of H-pyrrole nitrogens is 1. The number of carbonyl (C=O) groups excluding carboxylic acids is 1. The van der Waals surface area contributed by atoms with E-state index < -0.39 is 0 Å². The van der Waals surface area contributed by atoms with Crippen LogP contribution in [0.5, 0.6) is 0 Å². The summed E-state index contributed by atoms with van der Waals surface area (Å²) in [6.45, 7) is 0. The van der Waals surface area contributed by atoms with E-state index in [0.29, 0.717) is 34.2 Å². The van der Waals surface area contributed by atoms with Crippen LogP contribution in [-0.4, -0.2) is 20.9 Å². The number of amides is 1. The minimum atomic E-state index is -0.297. The fourth-order valence-electron chi connectivity index (χ4n) is 3.43. The van der Waals surface area contributed by atoms with Crippen molar-refractivity contribution in [3.8, 4) is 17.5 Å². The summed E-state index contributed by atoms with van der Waals surface area (Å²) in [5, 5.41) is 10.1. The molecular weight excluding hydrogens is 390 g/mol. The van der Waals surface area contributed by atoms with Gasteiger partial charge in [-0.25, -0.2) is 9.88 Å². The summed E-state index contributed by atoms with van der Waals surface area (Å²) in [4.78, 5) is 27.2. The second kappa shape index (κ2) is 7.61. The van der Waals surface area contributed by atoms with Gasteiger partial charge >= 0.3 is 0 Å². The molecule has 3 aromatic heterocycles. The quantitative estimate of drug-likeness (QED) is 0.450. The Bertz CT molecular complexity index is 1420. The minimum absolute atomic E-state index is 0.297. The van der Waals surface area contributed by atoms with Gasteiger partial charge < -0.3 is 9.40 Å². The van der Waals surface area contributed by atoms with Crippen molar-refractivity contribution in [2.45, 2.75) is 0 Å². The molecule has 1 N–H and O–H groups in total. The molecule has 0 bridgehead atoms. The fourth-order valence-corrected chi connectivity index (χ4v) is 3.43. The van der Waals surface area contributed by atoms with E-state index in [0.717, 1.165) is 10.9 Å². The lowest BCUT2D eigenvalue weighted by Gasteiger charge is -2.21. The Hall–Kier alpha value is -4.70. The van der Waals surface area contributed by atoms with Crippen LogP contribution in [0, 0.1) is 11.3 Å². The van der Waals surface area contributed by atoms with Crippen LogP contribution in [0.25, 0.3) is 22.4 Å². The molecular formula is C24H15N5O2. The molecule has 5 aromatic rings. The van der Waals surface area contributed by atoms with Gasteiger partial charge in [0.1, 0.15) is 5.69 Å². The lowest BCUT2D eigenvalue weighted by atomic mass is 10.1. The molecule has 0 aliphatic rings. The first-order valence-corrected chi connectivity index (χ1v) is 9.52. The van der Waals surface area contributed by atoms with Crippen molar-refractivity contribution in [1.82, 2.24) is 15.0 Å². The number of hydrogen-bond acceptors (Lipinski definition) is 5. The molecule has 2 aromatic carbocycles. The molecule has 7 nitrogen and oxygen atoms in total. The van der Waals surface area contributed by atoms with Crippen LogP contribution >= 0.6 is 0 Å². The van der Waals surface area contributed by atoms with Crippen molar-refractivity contribution in [2.75, 3.05) is 4.90 Å². The van der Waals surface area contributed by atoms with Crippen molar-refractivity contribution < 1.29 is 9.21 Å². The first-order chi connectivity index (χ1) is 15.2. The fraction of sp³-hybridized carbons (Fsp3) is 0. The molecule has 0 radical (unpaired) electrons. The Morgan fingerprint density at radius 1 is 1.03 bits per heavy atom. The van der Waals surface area contributed by atoms with Gasteiger partial charge in [-0.3, -0.25) is 9.78 Å². The van der Waals surface area contributed by atoms with Gasteiger partial charge in [0.15, 0.2) is 5.76 Å². The number of nitrogens with zero attached hydrogens (tertiary/aromatic N) is 4. The number of rotatable bonds is 4. The zero-order chi connectivity index (χ0) is 21.2. The van der Waals surface area contributed by atoms with E-state index >= 15 is 0 Å². The Balaban J connectivity index is 1.67. The number of para-hydroxylation sites is 1. The highest BCUT2D eigenvalue weighted by molar-refractivity contribution is 6.16. The Labute approximate surface area is 177 Å². The van der Waals surface area contributed by atoms with Gasteiger partial charge in [-0.1, -0.05) is 24.3 Å². The van der Waals surface area contributed by atoms with E-state index in [9.17, 15) is 10.1 Å². The van der Waals surface area contributed by atoms with Crippen LogP contribution in [0.15, 0.2) is 89.8 Å². The van der Waals surface area contributed by atoms with Crippen molar-refractivity contribution in [1.29, 1.82) is 5.26 Å². The Morgan fingerprint density at radius 2 is 1.94 bits per heavy atom. The summed E-state index contributed by atoms with van der Waals surface area (Å²) in [6, 6.07) is 21.7. The highest BCUT2D eigenvalue weighted by Crippen LogP contribution is 2.30. The zero-order valence-corrected chi connectivity index (χ0v) is 16.2.